The zero-order valence-corrected chi connectivity index (χ0v) is 8.74. The van der Waals surface area contributed by atoms with Crippen LogP contribution in [0.4, 0.5) is 0 Å². The summed E-state index contributed by atoms with van der Waals surface area (Å²) in [5, 5.41) is 7.49. The fraction of sp³-hybridized carbons (Fsp3) is 0.571. The summed E-state index contributed by atoms with van der Waals surface area (Å²) in [4.78, 5) is 29.3. The normalized spacial score (nSPS) is 8.21. The third kappa shape index (κ3) is 22.4. The van der Waals surface area contributed by atoms with E-state index in [0.29, 0.717) is 0 Å². The first-order chi connectivity index (χ1) is 6.40. The van der Waals surface area contributed by atoms with E-state index in [1.54, 1.807) is 0 Å². The fourth-order valence-corrected chi connectivity index (χ4v) is 0.317. The number of aliphatic carboxylic acids is 1. The highest BCUT2D eigenvalue weighted by molar-refractivity contribution is 7.96. The molecule has 0 heterocycles. The standard InChI is InChI=1S/C4H6O4S.C3H6O2/c5-3(6)1-8-2-4(7)9;1-3(4)5-2/h1-2H2,(H,5,6)(H,7,9);1-2H3. The van der Waals surface area contributed by atoms with Gasteiger partial charge in [-0.15, -0.1) is 12.6 Å². The summed E-state index contributed by atoms with van der Waals surface area (Å²) in [6, 6.07) is 0. The minimum Gasteiger partial charge on any atom is -0.480 e. The van der Waals surface area contributed by atoms with Crippen molar-refractivity contribution in [3.8, 4) is 0 Å². The van der Waals surface area contributed by atoms with E-state index in [0.717, 1.165) is 0 Å². The van der Waals surface area contributed by atoms with Gasteiger partial charge in [0, 0.05) is 6.92 Å². The molecule has 0 aliphatic heterocycles. The molecule has 0 aliphatic carbocycles. The highest BCUT2D eigenvalue weighted by Gasteiger charge is 1.97. The van der Waals surface area contributed by atoms with E-state index in [1.165, 1.54) is 14.0 Å². The zero-order valence-electron chi connectivity index (χ0n) is 7.85. The molecule has 82 valence electrons. The van der Waals surface area contributed by atoms with Crippen molar-refractivity contribution in [2.24, 2.45) is 0 Å². The Kier molecular flexibility index (Phi) is 11.0. The van der Waals surface area contributed by atoms with Crippen LogP contribution < -0.4 is 0 Å². The lowest BCUT2D eigenvalue weighted by atomic mass is 10.7. The van der Waals surface area contributed by atoms with Gasteiger partial charge in [-0.1, -0.05) is 0 Å². The average molecular weight is 224 g/mol. The molecule has 0 aliphatic rings. The number of esters is 1. The quantitative estimate of drug-likeness (QED) is 0.504. The summed E-state index contributed by atoms with van der Waals surface area (Å²) in [5.41, 5.74) is 0. The van der Waals surface area contributed by atoms with Crippen LogP contribution in [-0.2, 0) is 23.9 Å². The number of ether oxygens (including phenoxy) is 2. The molecule has 0 radical (unpaired) electrons. The molecule has 0 rings (SSSR count). The van der Waals surface area contributed by atoms with Crippen LogP contribution in [-0.4, -0.2) is 42.5 Å². The van der Waals surface area contributed by atoms with Gasteiger partial charge < -0.3 is 14.6 Å². The zero-order chi connectivity index (χ0) is 11.6. The van der Waals surface area contributed by atoms with Gasteiger partial charge in [-0.3, -0.25) is 9.59 Å². The summed E-state index contributed by atoms with van der Waals surface area (Å²) in [6.07, 6.45) is 0. The van der Waals surface area contributed by atoms with E-state index in [2.05, 4.69) is 22.1 Å². The topological polar surface area (TPSA) is 89.9 Å². The Morgan fingerprint density at radius 2 is 1.71 bits per heavy atom. The van der Waals surface area contributed by atoms with Crippen molar-refractivity contribution in [2.75, 3.05) is 20.3 Å². The molecular weight excluding hydrogens is 212 g/mol. The summed E-state index contributed by atoms with van der Waals surface area (Å²) >= 11 is 3.34. The molecule has 0 aromatic carbocycles. The average Bonchev–Trinajstić information content (AvgIpc) is 2.04. The molecule has 0 unspecified atom stereocenters. The first-order valence-electron chi connectivity index (χ1n) is 3.46. The van der Waals surface area contributed by atoms with Crippen molar-refractivity contribution >= 4 is 29.7 Å². The molecule has 1 N–H and O–H groups in total. The van der Waals surface area contributed by atoms with Crippen LogP contribution in [0.15, 0.2) is 0 Å². The van der Waals surface area contributed by atoms with E-state index in [1.807, 2.05) is 0 Å². The first kappa shape index (κ1) is 15.4. The lowest BCUT2D eigenvalue weighted by Crippen LogP contribution is -2.10. The molecular formula is C7H12O6S. The predicted molar refractivity (Wildman–Crippen MR) is 50.1 cm³/mol. The number of rotatable bonds is 4. The third-order valence-electron chi connectivity index (χ3n) is 0.739. The smallest absolute Gasteiger partial charge is 0.329 e. The number of carbonyl (C=O) groups is 3. The second kappa shape index (κ2) is 10.0. The largest absolute Gasteiger partial charge is 0.480 e. The maximum Gasteiger partial charge on any atom is 0.329 e. The second-order valence-electron chi connectivity index (χ2n) is 1.98. The van der Waals surface area contributed by atoms with Gasteiger partial charge in [0.05, 0.1) is 7.11 Å². The molecule has 0 atom stereocenters. The summed E-state index contributed by atoms with van der Waals surface area (Å²) in [5.74, 6) is -1.34. The Labute approximate surface area is 86.6 Å². The number of hydrogen-bond acceptors (Lipinski definition) is 5. The van der Waals surface area contributed by atoms with Crippen molar-refractivity contribution in [2.45, 2.75) is 6.92 Å². The van der Waals surface area contributed by atoms with E-state index >= 15 is 0 Å². The minimum atomic E-state index is -1.09. The number of methoxy groups -OCH3 is 1. The van der Waals surface area contributed by atoms with Gasteiger partial charge in [-0.2, -0.15) is 0 Å². The number of thiol groups is 1. The Bertz CT molecular complexity index is 188. The van der Waals surface area contributed by atoms with Crippen LogP contribution in [0.2, 0.25) is 0 Å². The monoisotopic (exact) mass is 224 g/mol. The summed E-state index contributed by atoms with van der Waals surface area (Å²) < 4.78 is 8.44. The Morgan fingerprint density at radius 1 is 1.29 bits per heavy atom. The maximum absolute atomic E-state index is 9.97. The molecule has 0 aromatic rings. The van der Waals surface area contributed by atoms with Crippen molar-refractivity contribution in [1.82, 2.24) is 0 Å². The van der Waals surface area contributed by atoms with Crippen LogP contribution in [0.3, 0.4) is 0 Å². The van der Waals surface area contributed by atoms with E-state index in [-0.39, 0.29) is 12.6 Å². The van der Waals surface area contributed by atoms with Crippen LogP contribution in [0.25, 0.3) is 0 Å². The Hall–Kier alpha value is -1.08. The SMILES string of the molecule is COC(C)=O.O=C(O)COCC(=O)S. The molecule has 0 saturated carbocycles. The van der Waals surface area contributed by atoms with Crippen molar-refractivity contribution in [3.05, 3.63) is 0 Å². The first-order valence-corrected chi connectivity index (χ1v) is 3.90. The van der Waals surface area contributed by atoms with Crippen molar-refractivity contribution in [1.29, 1.82) is 0 Å². The Balaban J connectivity index is 0. The predicted octanol–water partition coefficient (Wildman–Crippen LogP) is -0.277. The van der Waals surface area contributed by atoms with Gasteiger partial charge >= 0.3 is 11.9 Å². The molecule has 7 heteroatoms. The molecule has 0 saturated heterocycles. The van der Waals surface area contributed by atoms with Gasteiger partial charge in [-0.25, -0.2) is 4.79 Å². The Morgan fingerprint density at radius 3 is 1.93 bits per heavy atom. The highest BCUT2D eigenvalue weighted by Crippen LogP contribution is 1.80. The van der Waals surface area contributed by atoms with Gasteiger partial charge in [0.25, 0.3) is 0 Å². The van der Waals surface area contributed by atoms with Crippen LogP contribution in [0, 0.1) is 0 Å². The van der Waals surface area contributed by atoms with Crippen LogP contribution in [0.1, 0.15) is 6.92 Å². The summed E-state index contributed by atoms with van der Waals surface area (Å²) in [7, 11) is 1.35. The van der Waals surface area contributed by atoms with Crippen molar-refractivity contribution in [3.63, 3.8) is 0 Å². The van der Waals surface area contributed by atoms with E-state index < -0.39 is 17.7 Å². The fourth-order valence-electron chi connectivity index (χ4n) is 0.226. The second-order valence-corrected chi connectivity index (χ2v) is 2.47. The molecule has 14 heavy (non-hydrogen) atoms. The minimum absolute atomic E-state index is 0.245. The van der Waals surface area contributed by atoms with Gasteiger partial charge in [0.1, 0.15) is 13.2 Å². The van der Waals surface area contributed by atoms with Gasteiger partial charge in [-0.05, 0) is 0 Å². The van der Waals surface area contributed by atoms with E-state index in [9.17, 15) is 14.4 Å². The van der Waals surface area contributed by atoms with Crippen molar-refractivity contribution < 1.29 is 29.0 Å². The number of hydrogen-bond donors (Lipinski definition) is 2. The van der Waals surface area contributed by atoms with E-state index in [4.69, 9.17) is 5.11 Å². The van der Waals surface area contributed by atoms with Crippen LogP contribution >= 0.6 is 12.6 Å². The molecule has 6 nitrogen and oxygen atoms in total. The highest BCUT2D eigenvalue weighted by atomic mass is 32.1. The number of carboxylic acid groups (broad SMARTS) is 1. The third-order valence-corrected chi connectivity index (χ3v) is 0.868. The lowest BCUT2D eigenvalue weighted by molar-refractivity contribution is -0.142. The molecule has 0 aromatic heterocycles. The van der Waals surface area contributed by atoms with Gasteiger partial charge in [0.15, 0.2) is 0 Å². The van der Waals surface area contributed by atoms with Gasteiger partial charge in [0.2, 0.25) is 5.12 Å². The number of carbonyl (C=O) groups excluding carboxylic acids is 2. The molecule has 0 amide bonds. The van der Waals surface area contributed by atoms with Crippen LogP contribution in [0.5, 0.6) is 0 Å². The lowest BCUT2D eigenvalue weighted by Gasteiger charge is -1.93. The number of carboxylic acids is 1. The molecule has 0 bridgehead atoms. The molecule has 0 fully saturated rings. The molecule has 0 spiro atoms. The summed E-state index contributed by atoms with van der Waals surface area (Å²) in [6.45, 7) is 0.654. The maximum atomic E-state index is 9.97.